The molecule has 336 valence electrons. The average molecular weight is 943 g/mol. The number of nitrogens with zero attached hydrogens (tertiary/aromatic N) is 2. The first kappa shape index (κ1) is 41.7. The quantitative estimate of drug-likeness (QED) is 0.150. The molecule has 1 aliphatic rings. The molecule has 11 aromatic carbocycles. The van der Waals surface area contributed by atoms with E-state index in [1.807, 2.05) is 22.7 Å². The molecule has 0 bridgehead atoms. The second-order valence-corrected chi connectivity index (χ2v) is 21.3. The molecule has 0 N–H and O–H groups in total. The minimum atomic E-state index is -0.345. The van der Waals surface area contributed by atoms with E-state index >= 15 is 0 Å². The molecule has 2 heterocycles. The van der Waals surface area contributed by atoms with Gasteiger partial charge in [-0.1, -0.05) is 190 Å². The molecule has 0 atom stereocenters. The van der Waals surface area contributed by atoms with Crippen molar-refractivity contribution in [3.8, 4) is 33.4 Å². The van der Waals surface area contributed by atoms with Gasteiger partial charge in [0, 0.05) is 58.8 Å². The maximum atomic E-state index is 2.55. The van der Waals surface area contributed by atoms with Crippen LogP contribution in [0, 0.1) is 0 Å². The lowest BCUT2D eigenvalue weighted by Gasteiger charge is -2.31. The molecule has 13 aromatic rings. The van der Waals surface area contributed by atoms with Gasteiger partial charge in [0.1, 0.15) is 0 Å². The van der Waals surface area contributed by atoms with Crippen LogP contribution in [-0.4, -0.2) is 0 Å². The molecule has 2 aromatic heterocycles. The lowest BCUT2D eigenvalue weighted by molar-refractivity contribution is 0.661. The van der Waals surface area contributed by atoms with E-state index < -0.39 is 0 Å². The van der Waals surface area contributed by atoms with Crippen molar-refractivity contribution in [2.24, 2.45) is 0 Å². The fraction of sp³-hybridized carbons (Fsp3) is 0.0448. The van der Waals surface area contributed by atoms with Gasteiger partial charge in [-0.05, 0) is 117 Å². The first-order chi connectivity index (χ1) is 35.0. The Morgan fingerprint density at radius 3 is 1.35 bits per heavy atom. The molecule has 14 rings (SSSR count). The summed E-state index contributed by atoms with van der Waals surface area (Å²) in [6.07, 6.45) is 0. The number of thiophene rings is 2. The van der Waals surface area contributed by atoms with Gasteiger partial charge in [0.2, 0.25) is 0 Å². The van der Waals surface area contributed by atoms with Crippen molar-refractivity contribution in [2.45, 2.75) is 19.3 Å². The molecular weight excluding hydrogens is 897 g/mol. The van der Waals surface area contributed by atoms with Gasteiger partial charge >= 0.3 is 0 Å². The molecule has 0 aliphatic heterocycles. The fourth-order valence-corrected chi connectivity index (χ4v) is 13.9. The highest BCUT2D eigenvalue weighted by molar-refractivity contribution is 7.26. The summed E-state index contributed by atoms with van der Waals surface area (Å²) in [5.74, 6) is 0. The monoisotopic (exact) mass is 942 g/mol. The zero-order valence-corrected chi connectivity index (χ0v) is 40.9. The molecule has 4 heteroatoms. The second kappa shape index (κ2) is 16.4. The first-order valence-corrected chi connectivity index (χ1v) is 26.0. The van der Waals surface area contributed by atoms with Crippen molar-refractivity contribution in [3.63, 3.8) is 0 Å². The third-order valence-corrected chi connectivity index (χ3v) is 17.2. The van der Waals surface area contributed by atoms with Gasteiger partial charge in [-0.15, -0.1) is 22.7 Å². The maximum Gasteiger partial charge on any atom is 0.0640 e. The van der Waals surface area contributed by atoms with Crippen molar-refractivity contribution >= 4 is 108 Å². The second-order valence-electron chi connectivity index (χ2n) is 19.2. The summed E-state index contributed by atoms with van der Waals surface area (Å²) in [4.78, 5) is 5.05. The molecule has 0 unspecified atom stereocenters. The first-order valence-electron chi connectivity index (χ1n) is 24.4. The number of fused-ring (bicyclic) bond motifs is 11. The van der Waals surface area contributed by atoms with Crippen LogP contribution in [0.4, 0.5) is 34.1 Å². The van der Waals surface area contributed by atoms with Crippen molar-refractivity contribution in [1.82, 2.24) is 0 Å². The van der Waals surface area contributed by atoms with Gasteiger partial charge in [-0.25, -0.2) is 0 Å². The highest BCUT2D eigenvalue weighted by Crippen LogP contribution is 2.57. The molecule has 0 saturated carbocycles. The van der Waals surface area contributed by atoms with Gasteiger partial charge in [-0.2, -0.15) is 0 Å². The zero-order chi connectivity index (χ0) is 47.2. The summed E-state index contributed by atoms with van der Waals surface area (Å²) >= 11 is 3.76. The topological polar surface area (TPSA) is 6.48 Å². The van der Waals surface area contributed by atoms with Crippen molar-refractivity contribution < 1.29 is 0 Å². The van der Waals surface area contributed by atoms with E-state index in [4.69, 9.17) is 0 Å². The van der Waals surface area contributed by atoms with Crippen LogP contribution in [0.2, 0.25) is 0 Å². The maximum absolute atomic E-state index is 2.55. The van der Waals surface area contributed by atoms with E-state index in [9.17, 15) is 0 Å². The number of hydrogen-bond donors (Lipinski definition) is 0. The summed E-state index contributed by atoms with van der Waals surface area (Å²) < 4.78 is 5.15. The summed E-state index contributed by atoms with van der Waals surface area (Å²) in [5, 5.41) is 7.63. The van der Waals surface area contributed by atoms with Crippen LogP contribution in [0.1, 0.15) is 25.0 Å². The molecule has 2 nitrogen and oxygen atoms in total. The van der Waals surface area contributed by atoms with Gasteiger partial charge in [0.25, 0.3) is 0 Å². The molecule has 0 fully saturated rings. The lowest BCUT2D eigenvalue weighted by atomic mass is 9.81. The Balaban J connectivity index is 0.984. The molecule has 1 aliphatic carbocycles. The average Bonchev–Trinajstić information content (AvgIpc) is 4.08. The van der Waals surface area contributed by atoms with Crippen LogP contribution in [0.15, 0.2) is 243 Å². The fourth-order valence-electron chi connectivity index (χ4n) is 11.4. The smallest absolute Gasteiger partial charge is 0.0640 e. The number of rotatable bonds is 8. The highest BCUT2D eigenvalue weighted by atomic mass is 32.1. The molecule has 0 amide bonds. The van der Waals surface area contributed by atoms with E-state index in [1.165, 1.54) is 113 Å². The molecular formula is C67H46N2S2. The van der Waals surface area contributed by atoms with Gasteiger partial charge in [-0.3, -0.25) is 0 Å². The van der Waals surface area contributed by atoms with E-state index in [-0.39, 0.29) is 5.41 Å². The largest absolute Gasteiger partial charge is 0.309 e. The number of benzene rings is 11. The normalized spacial score (nSPS) is 12.8. The van der Waals surface area contributed by atoms with Gasteiger partial charge < -0.3 is 9.80 Å². The Labute approximate surface area is 421 Å². The Bertz CT molecular complexity index is 4220. The van der Waals surface area contributed by atoms with E-state index in [2.05, 4.69) is 266 Å². The Kier molecular flexibility index (Phi) is 9.64. The Morgan fingerprint density at radius 2 is 0.761 bits per heavy atom. The predicted octanol–water partition coefficient (Wildman–Crippen LogP) is 20.2. The predicted molar refractivity (Wildman–Crippen MR) is 308 cm³/mol. The molecule has 0 radical (unpaired) electrons. The molecule has 0 saturated heterocycles. The SMILES string of the molecule is CC1(C)c2cc(N(c3cccc(-c4ccccc4)c3)c3cccc4c3sc3ccccc34)ccc2-c2c1cc(N(c1cccc(-c3ccccc3)c1)c1cccc3c1sc1ccccc13)c1ccccc21. The summed E-state index contributed by atoms with van der Waals surface area (Å²) in [5.41, 5.74) is 16.6. The highest BCUT2D eigenvalue weighted by Gasteiger charge is 2.39. The van der Waals surface area contributed by atoms with E-state index in [0.717, 1.165) is 17.1 Å². The standard InChI is InChI=1S/C67H46N2S2/c1-67(2)57-41-49(68(47-25-15-23-45(39-47)43-19-5-3-6-20-43)59-33-17-31-54-51-28-11-13-35-62(51)70-65(54)59)37-38-56(57)64-53-30-10-9-27-50(53)61(42-58(64)67)69(48-26-16-24-46(40-48)44-21-7-4-8-22-44)60-34-18-32-55-52-29-12-14-36-63(52)71-66(55)60/h3-42H,1-2H3. The minimum Gasteiger partial charge on any atom is -0.309 e. The van der Waals surface area contributed by atoms with Crippen LogP contribution >= 0.6 is 22.7 Å². The molecule has 71 heavy (non-hydrogen) atoms. The number of hydrogen-bond acceptors (Lipinski definition) is 4. The van der Waals surface area contributed by atoms with Crippen molar-refractivity contribution in [2.75, 3.05) is 9.80 Å². The molecule has 0 spiro atoms. The number of anilines is 6. The van der Waals surface area contributed by atoms with Crippen LogP contribution in [0.25, 0.3) is 84.5 Å². The lowest BCUT2D eigenvalue weighted by Crippen LogP contribution is -2.18. The Hall–Kier alpha value is -8.28. The van der Waals surface area contributed by atoms with Crippen LogP contribution in [0.3, 0.4) is 0 Å². The van der Waals surface area contributed by atoms with Crippen LogP contribution < -0.4 is 9.80 Å². The zero-order valence-electron chi connectivity index (χ0n) is 39.3. The van der Waals surface area contributed by atoms with Gasteiger partial charge in [0.05, 0.1) is 26.5 Å². The van der Waals surface area contributed by atoms with Crippen molar-refractivity contribution in [3.05, 3.63) is 254 Å². The summed E-state index contributed by atoms with van der Waals surface area (Å²) in [6.45, 7) is 4.86. The van der Waals surface area contributed by atoms with E-state index in [1.54, 1.807) is 0 Å². The summed E-state index contributed by atoms with van der Waals surface area (Å²) in [6, 6.07) is 89.8. The van der Waals surface area contributed by atoms with Crippen LogP contribution in [-0.2, 0) is 5.41 Å². The third-order valence-electron chi connectivity index (χ3n) is 14.8. The van der Waals surface area contributed by atoms with E-state index in [0.29, 0.717) is 0 Å². The third kappa shape index (κ3) is 6.67. The van der Waals surface area contributed by atoms with Crippen LogP contribution in [0.5, 0.6) is 0 Å². The Morgan fingerprint density at radius 1 is 0.310 bits per heavy atom. The van der Waals surface area contributed by atoms with Crippen molar-refractivity contribution in [1.29, 1.82) is 0 Å². The summed E-state index contributed by atoms with van der Waals surface area (Å²) in [7, 11) is 0. The van der Waals surface area contributed by atoms with Gasteiger partial charge in [0.15, 0.2) is 0 Å². The minimum absolute atomic E-state index is 0.345.